The molecule has 3 rings (SSSR count). The molecule has 0 radical (unpaired) electrons. The van der Waals surface area contributed by atoms with E-state index in [1.165, 1.54) is 0 Å². The molecule has 0 amide bonds. The average molecular weight is 256 g/mol. The van der Waals surface area contributed by atoms with Crippen LogP contribution in [-0.2, 0) is 13.0 Å². The molecule has 1 saturated heterocycles. The highest BCUT2D eigenvalue weighted by Gasteiger charge is 2.30. The molecule has 1 fully saturated rings. The highest BCUT2D eigenvalue weighted by atomic mass is 35.5. The average Bonchev–Trinajstić information content (AvgIpc) is 2.84. The second kappa shape index (κ2) is 4.26. The molecule has 1 aromatic heterocycles. The quantitative estimate of drug-likeness (QED) is 0.822. The SMILES string of the molecule is CN1CCC(c2nc(Cl)c3n2CCC(O)C3)C1. The molecular weight excluding hydrogens is 238 g/mol. The minimum Gasteiger partial charge on any atom is -0.393 e. The van der Waals surface area contributed by atoms with Gasteiger partial charge in [0.25, 0.3) is 0 Å². The summed E-state index contributed by atoms with van der Waals surface area (Å²) in [4.78, 5) is 6.86. The number of fused-ring (bicyclic) bond motifs is 1. The summed E-state index contributed by atoms with van der Waals surface area (Å²) in [5.41, 5.74) is 1.02. The number of hydrogen-bond acceptors (Lipinski definition) is 3. The van der Waals surface area contributed by atoms with Crippen molar-refractivity contribution in [3.63, 3.8) is 0 Å². The standard InChI is InChI=1S/C12H18ClN3O/c1-15-4-2-8(7-15)12-14-11(13)10-6-9(17)3-5-16(10)12/h8-9,17H,2-7H2,1H3. The van der Waals surface area contributed by atoms with Crippen molar-refractivity contribution in [3.8, 4) is 0 Å². The predicted octanol–water partition coefficient (Wildman–Crippen LogP) is 1.26. The third-order valence-corrected chi connectivity index (χ3v) is 4.23. The van der Waals surface area contributed by atoms with Gasteiger partial charge in [0.2, 0.25) is 0 Å². The van der Waals surface area contributed by atoms with E-state index in [2.05, 4.69) is 21.5 Å². The smallest absolute Gasteiger partial charge is 0.150 e. The molecule has 2 aliphatic rings. The summed E-state index contributed by atoms with van der Waals surface area (Å²) in [6.45, 7) is 3.05. The minimum absolute atomic E-state index is 0.254. The molecule has 0 saturated carbocycles. The van der Waals surface area contributed by atoms with Crippen LogP contribution in [0.5, 0.6) is 0 Å². The highest BCUT2D eigenvalue weighted by molar-refractivity contribution is 6.30. The number of rotatable bonds is 1. The normalized spacial score (nSPS) is 29.6. The summed E-state index contributed by atoms with van der Waals surface area (Å²) in [7, 11) is 2.14. The number of aromatic nitrogens is 2. The maximum absolute atomic E-state index is 9.69. The van der Waals surface area contributed by atoms with Gasteiger partial charge < -0.3 is 14.6 Å². The second-order valence-electron chi connectivity index (χ2n) is 5.25. The van der Waals surface area contributed by atoms with Crippen molar-refractivity contribution < 1.29 is 5.11 Å². The lowest BCUT2D eigenvalue weighted by Crippen LogP contribution is -2.25. The van der Waals surface area contributed by atoms with Crippen LogP contribution >= 0.6 is 11.6 Å². The summed E-state index contributed by atoms with van der Waals surface area (Å²) in [6, 6.07) is 0. The van der Waals surface area contributed by atoms with Gasteiger partial charge in [-0.25, -0.2) is 4.98 Å². The van der Waals surface area contributed by atoms with Gasteiger partial charge in [0.05, 0.1) is 11.8 Å². The summed E-state index contributed by atoms with van der Waals surface area (Å²) >= 11 is 6.19. The van der Waals surface area contributed by atoms with Crippen LogP contribution < -0.4 is 0 Å². The van der Waals surface area contributed by atoms with E-state index in [0.29, 0.717) is 17.5 Å². The van der Waals surface area contributed by atoms with Crippen LogP contribution in [0.2, 0.25) is 5.15 Å². The fourth-order valence-electron chi connectivity index (χ4n) is 2.98. The Morgan fingerprint density at radius 1 is 1.35 bits per heavy atom. The Labute approximate surface area is 106 Å². The van der Waals surface area contributed by atoms with Crippen molar-refractivity contribution in [3.05, 3.63) is 16.7 Å². The molecule has 0 aliphatic carbocycles. The zero-order valence-electron chi connectivity index (χ0n) is 10.1. The number of aliphatic hydroxyl groups is 1. The molecule has 0 spiro atoms. The van der Waals surface area contributed by atoms with Crippen LogP contribution in [0.25, 0.3) is 0 Å². The molecule has 17 heavy (non-hydrogen) atoms. The predicted molar refractivity (Wildman–Crippen MR) is 66.4 cm³/mol. The van der Waals surface area contributed by atoms with E-state index in [1.807, 2.05) is 0 Å². The maximum Gasteiger partial charge on any atom is 0.150 e. The first-order chi connectivity index (χ1) is 8.15. The molecule has 1 N–H and O–H groups in total. The topological polar surface area (TPSA) is 41.3 Å². The Hall–Kier alpha value is -0.580. The molecule has 2 unspecified atom stereocenters. The van der Waals surface area contributed by atoms with Crippen LogP contribution in [0.1, 0.15) is 30.3 Å². The first-order valence-electron chi connectivity index (χ1n) is 6.26. The van der Waals surface area contributed by atoms with Gasteiger partial charge in [0.15, 0.2) is 5.15 Å². The van der Waals surface area contributed by atoms with Crippen LogP contribution in [0.15, 0.2) is 0 Å². The fraction of sp³-hybridized carbons (Fsp3) is 0.750. The van der Waals surface area contributed by atoms with Crippen molar-refractivity contribution in [2.24, 2.45) is 0 Å². The zero-order chi connectivity index (χ0) is 12.0. The lowest BCUT2D eigenvalue weighted by atomic mass is 10.1. The molecule has 1 aromatic rings. The van der Waals surface area contributed by atoms with Crippen molar-refractivity contribution in [2.45, 2.75) is 37.8 Å². The summed E-state index contributed by atoms with van der Waals surface area (Å²) < 4.78 is 2.24. The molecule has 3 heterocycles. The van der Waals surface area contributed by atoms with Crippen molar-refractivity contribution in [1.29, 1.82) is 0 Å². The third-order valence-electron chi connectivity index (χ3n) is 3.92. The molecule has 0 aromatic carbocycles. The summed E-state index contributed by atoms with van der Waals surface area (Å²) in [5.74, 6) is 1.63. The monoisotopic (exact) mass is 255 g/mol. The van der Waals surface area contributed by atoms with Gasteiger partial charge >= 0.3 is 0 Å². The van der Waals surface area contributed by atoms with E-state index in [4.69, 9.17) is 11.6 Å². The number of likely N-dealkylation sites (tertiary alicyclic amines) is 1. The summed E-state index contributed by atoms with van der Waals surface area (Å²) in [5, 5.41) is 10.3. The van der Waals surface area contributed by atoms with Crippen LogP contribution in [0.4, 0.5) is 0 Å². The number of aliphatic hydroxyl groups excluding tert-OH is 1. The van der Waals surface area contributed by atoms with Crippen molar-refractivity contribution in [2.75, 3.05) is 20.1 Å². The Bertz CT molecular complexity index is 432. The van der Waals surface area contributed by atoms with Gasteiger partial charge in [0.1, 0.15) is 5.82 Å². The van der Waals surface area contributed by atoms with Crippen LogP contribution in [-0.4, -0.2) is 45.8 Å². The number of halogens is 1. The Morgan fingerprint density at radius 2 is 2.18 bits per heavy atom. The van der Waals surface area contributed by atoms with Crippen molar-refractivity contribution in [1.82, 2.24) is 14.5 Å². The largest absolute Gasteiger partial charge is 0.393 e. The van der Waals surface area contributed by atoms with Crippen molar-refractivity contribution >= 4 is 11.6 Å². The van der Waals surface area contributed by atoms with Gasteiger partial charge in [0, 0.05) is 25.4 Å². The van der Waals surface area contributed by atoms with E-state index in [9.17, 15) is 5.11 Å². The molecule has 2 aliphatic heterocycles. The van der Waals surface area contributed by atoms with Crippen LogP contribution in [0, 0.1) is 0 Å². The first-order valence-corrected chi connectivity index (χ1v) is 6.64. The molecule has 0 bridgehead atoms. The van der Waals surface area contributed by atoms with Gasteiger partial charge in [-0.15, -0.1) is 0 Å². The molecule has 5 heteroatoms. The van der Waals surface area contributed by atoms with Gasteiger partial charge in [-0.2, -0.15) is 0 Å². The zero-order valence-corrected chi connectivity index (χ0v) is 10.8. The Morgan fingerprint density at radius 3 is 2.88 bits per heavy atom. The second-order valence-corrected chi connectivity index (χ2v) is 5.61. The van der Waals surface area contributed by atoms with E-state index >= 15 is 0 Å². The fourth-order valence-corrected chi connectivity index (χ4v) is 3.25. The number of imidazole rings is 1. The van der Waals surface area contributed by atoms with Gasteiger partial charge in [-0.3, -0.25) is 0 Å². The van der Waals surface area contributed by atoms with E-state index < -0.39 is 0 Å². The lowest BCUT2D eigenvalue weighted by molar-refractivity contribution is 0.142. The van der Waals surface area contributed by atoms with Crippen LogP contribution in [0.3, 0.4) is 0 Å². The number of nitrogens with zero attached hydrogens (tertiary/aromatic N) is 3. The highest BCUT2D eigenvalue weighted by Crippen LogP contribution is 2.32. The maximum atomic E-state index is 9.69. The summed E-state index contributed by atoms with van der Waals surface area (Å²) in [6.07, 6.45) is 2.37. The third kappa shape index (κ3) is 1.98. The molecule has 2 atom stereocenters. The first kappa shape index (κ1) is 11.5. The Balaban J connectivity index is 1.93. The molecular formula is C12H18ClN3O. The van der Waals surface area contributed by atoms with E-state index in [1.54, 1.807) is 0 Å². The molecule has 4 nitrogen and oxygen atoms in total. The lowest BCUT2D eigenvalue weighted by Gasteiger charge is -2.22. The van der Waals surface area contributed by atoms with E-state index in [0.717, 1.165) is 44.0 Å². The molecule has 94 valence electrons. The Kier molecular flexibility index (Phi) is 2.89. The number of likely N-dealkylation sites (N-methyl/N-ethyl adjacent to an activating group) is 1. The number of hydrogen-bond donors (Lipinski definition) is 1. The minimum atomic E-state index is -0.254. The van der Waals surface area contributed by atoms with Gasteiger partial charge in [-0.05, 0) is 26.4 Å². The van der Waals surface area contributed by atoms with E-state index in [-0.39, 0.29) is 6.10 Å². The van der Waals surface area contributed by atoms with Gasteiger partial charge in [-0.1, -0.05) is 11.6 Å².